The van der Waals surface area contributed by atoms with Gasteiger partial charge in [-0.2, -0.15) is 0 Å². The minimum absolute atomic E-state index is 0.666. The van der Waals surface area contributed by atoms with E-state index in [-0.39, 0.29) is 0 Å². The largest absolute Gasteiger partial charge is 0.331 e. The van der Waals surface area contributed by atoms with Crippen LogP contribution in [0.1, 0.15) is 11.1 Å². The number of H-pyrrole nitrogens is 4. The van der Waals surface area contributed by atoms with Gasteiger partial charge in [-0.3, -0.25) is 0 Å². The molecule has 0 radical (unpaired) electrons. The van der Waals surface area contributed by atoms with Crippen LogP contribution in [0.15, 0.2) is 36.4 Å². The maximum atomic E-state index is 5.18. The Morgan fingerprint density at radius 1 is 0.636 bits per heavy atom. The zero-order chi connectivity index (χ0) is 15.1. The molecule has 4 rings (SSSR count). The van der Waals surface area contributed by atoms with Gasteiger partial charge in [-0.1, -0.05) is 24.3 Å². The second-order valence-electron chi connectivity index (χ2n) is 5.34. The predicted molar refractivity (Wildman–Crippen MR) is 94.4 cm³/mol. The minimum Gasteiger partial charge on any atom is -0.331 e. The topological polar surface area (TPSA) is 63.2 Å². The van der Waals surface area contributed by atoms with Gasteiger partial charge < -0.3 is 19.9 Å². The highest BCUT2D eigenvalue weighted by Crippen LogP contribution is 2.20. The summed E-state index contributed by atoms with van der Waals surface area (Å²) in [5, 5.41) is 0. The Bertz CT molecular complexity index is 993. The average molecular weight is 326 g/mol. The summed E-state index contributed by atoms with van der Waals surface area (Å²) in [5.41, 5.74) is 6.83. The number of aryl methyl sites for hydroxylation is 2. The summed E-state index contributed by atoms with van der Waals surface area (Å²) < 4.78 is 1.33. The van der Waals surface area contributed by atoms with Crippen LogP contribution in [0.5, 0.6) is 0 Å². The molecule has 0 unspecified atom stereocenters. The van der Waals surface area contributed by atoms with Crippen molar-refractivity contribution in [2.24, 2.45) is 0 Å². The Morgan fingerprint density at radius 3 is 1.55 bits per heavy atom. The van der Waals surface area contributed by atoms with Crippen molar-refractivity contribution in [1.82, 2.24) is 19.9 Å². The fraction of sp³-hybridized carbons (Fsp3) is 0.125. The molecule has 110 valence electrons. The number of benzene rings is 2. The van der Waals surface area contributed by atoms with Gasteiger partial charge in [-0.25, -0.2) is 0 Å². The molecule has 0 aliphatic rings. The lowest BCUT2D eigenvalue weighted by Gasteiger charge is -2.05. The van der Waals surface area contributed by atoms with Gasteiger partial charge in [0.25, 0.3) is 0 Å². The zero-order valence-electron chi connectivity index (χ0n) is 11.7. The minimum atomic E-state index is 0.666. The molecule has 0 aliphatic carbocycles. The Balaban J connectivity index is 1.71. The molecule has 6 heteroatoms. The summed E-state index contributed by atoms with van der Waals surface area (Å²) in [6.45, 7) is 0. The van der Waals surface area contributed by atoms with Gasteiger partial charge in [0.2, 0.25) is 0 Å². The van der Waals surface area contributed by atoms with E-state index in [1.54, 1.807) is 0 Å². The summed E-state index contributed by atoms with van der Waals surface area (Å²) in [7, 11) is 0. The van der Waals surface area contributed by atoms with Gasteiger partial charge in [0, 0.05) is 0 Å². The lowest BCUT2D eigenvalue weighted by molar-refractivity contribution is 0.972. The van der Waals surface area contributed by atoms with Crippen LogP contribution in [-0.2, 0) is 12.8 Å². The highest BCUT2D eigenvalue weighted by atomic mass is 32.1. The molecule has 4 aromatic rings. The first-order valence-electron chi connectivity index (χ1n) is 7.10. The van der Waals surface area contributed by atoms with Crippen LogP contribution in [-0.4, -0.2) is 19.9 Å². The van der Waals surface area contributed by atoms with Crippen LogP contribution in [0, 0.1) is 9.54 Å². The first kappa shape index (κ1) is 13.5. The standard InChI is InChI=1S/C16H14N4S2/c21-15-17-11-5-1-3-9(13(11)19-15)7-8-10-4-2-6-12-14(10)20-16(22)18-12/h1-6H,7-8H2,(H2,17,19,21)(H2,18,20,22). The predicted octanol–water partition coefficient (Wildman–Crippen LogP) is 4.55. The van der Waals surface area contributed by atoms with Crippen molar-refractivity contribution in [1.29, 1.82) is 0 Å². The molecule has 0 spiro atoms. The van der Waals surface area contributed by atoms with Gasteiger partial charge in [0.15, 0.2) is 9.54 Å². The summed E-state index contributed by atoms with van der Waals surface area (Å²) in [6, 6.07) is 12.5. The van der Waals surface area contributed by atoms with Crippen LogP contribution in [0.3, 0.4) is 0 Å². The molecule has 0 aliphatic heterocycles. The molecule has 4 N–H and O–H groups in total. The third-order valence-electron chi connectivity index (χ3n) is 3.94. The number of hydrogen-bond acceptors (Lipinski definition) is 2. The molecule has 0 saturated heterocycles. The Hall–Kier alpha value is -2.18. The van der Waals surface area contributed by atoms with E-state index >= 15 is 0 Å². The fourth-order valence-electron chi connectivity index (χ4n) is 2.92. The van der Waals surface area contributed by atoms with E-state index < -0.39 is 0 Å². The first-order valence-corrected chi connectivity index (χ1v) is 7.92. The summed E-state index contributed by atoms with van der Waals surface area (Å²) in [4.78, 5) is 12.8. The van der Waals surface area contributed by atoms with E-state index in [4.69, 9.17) is 24.4 Å². The Kier molecular flexibility index (Phi) is 3.20. The number of rotatable bonds is 3. The first-order chi connectivity index (χ1) is 10.7. The average Bonchev–Trinajstić information content (AvgIpc) is 3.06. The number of fused-ring (bicyclic) bond motifs is 2. The molecule has 2 aromatic heterocycles. The second kappa shape index (κ2) is 5.23. The van der Waals surface area contributed by atoms with Crippen LogP contribution < -0.4 is 0 Å². The van der Waals surface area contributed by atoms with Crippen LogP contribution >= 0.6 is 24.4 Å². The molecule has 0 amide bonds. The summed E-state index contributed by atoms with van der Waals surface area (Å²) in [6.07, 6.45) is 1.87. The van der Waals surface area contributed by atoms with Gasteiger partial charge in [-0.15, -0.1) is 0 Å². The van der Waals surface area contributed by atoms with Crippen molar-refractivity contribution < 1.29 is 0 Å². The molecule has 0 bridgehead atoms. The number of para-hydroxylation sites is 2. The third-order valence-corrected chi connectivity index (χ3v) is 4.35. The SMILES string of the molecule is S=c1[nH]c2cccc(CCc3cccc4[nH]c(=S)[nH]c34)c2[nH]1. The molecule has 2 heterocycles. The van der Waals surface area contributed by atoms with Gasteiger partial charge in [0.05, 0.1) is 22.1 Å². The number of hydrogen-bond donors (Lipinski definition) is 4. The van der Waals surface area contributed by atoms with Gasteiger partial charge in [0.1, 0.15) is 0 Å². The quantitative estimate of drug-likeness (QED) is 0.417. The third kappa shape index (κ3) is 2.30. The Labute approximate surface area is 136 Å². The van der Waals surface area contributed by atoms with E-state index in [9.17, 15) is 0 Å². The monoisotopic (exact) mass is 326 g/mol. The van der Waals surface area contributed by atoms with Crippen molar-refractivity contribution in [2.45, 2.75) is 12.8 Å². The zero-order valence-corrected chi connectivity index (χ0v) is 13.3. The normalized spacial score (nSPS) is 11.5. The van der Waals surface area contributed by atoms with E-state index in [1.165, 1.54) is 11.1 Å². The summed E-state index contributed by atoms with van der Waals surface area (Å²) in [5.74, 6) is 0. The molecule has 0 atom stereocenters. The Morgan fingerprint density at radius 2 is 1.09 bits per heavy atom. The van der Waals surface area contributed by atoms with Crippen molar-refractivity contribution in [3.05, 3.63) is 57.1 Å². The van der Waals surface area contributed by atoms with Crippen LogP contribution in [0.25, 0.3) is 22.1 Å². The molecule has 0 saturated carbocycles. The number of nitrogens with one attached hydrogen (secondary N) is 4. The van der Waals surface area contributed by atoms with E-state index in [0.29, 0.717) is 9.54 Å². The number of aromatic amines is 4. The maximum Gasteiger partial charge on any atom is 0.175 e. The molecule has 4 nitrogen and oxygen atoms in total. The molecular weight excluding hydrogens is 312 g/mol. The number of aromatic nitrogens is 4. The lowest BCUT2D eigenvalue weighted by atomic mass is 10.0. The smallest absolute Gasteiger partial charge is 0.175 e. The highest BCUT2D eigenvalue weighted by Gasteiger charge is 2.07. The molecule has 22 heavy (non-hydrogen) atoms. The molecule has 0 fully saturated rings. The van der Waals surface area contributed by atoms with E-state index in [1.807, 2.05) is 12.1 Å². The van der Waals surface area contributed by atoms with Crippen LogP contribution in [0.2, 0.25) is 0 Å². The van der Waals surface area contributed by atoms with Crippen molar-refractivity contribution >= 4 is 46.5 Å². The maximum absolute atomic E-state index is 5.18. The fourth-order valence-corrected chi connectivity index (χ4v) is 3.35. The lowest BCUT2D eigenvalue weighted by Crippen LogP contribution is -1.94. The van der Waals surface area contributed by atoms with Crippen molar-refractivity contribution in [2.75, 3.05) is 0 Å². The molecule has 2 aromatic carbocycles. The highest BCUT2D eigenvalue weighted by molar-refractivity contribution is 7.71. The van der Waals surface area contributed by atoms with Crippen molar-refractivity contribution in [3.63, 3.8) is 0 Å². The van der Waals surface area contributed by atoms with Crippen molar-refractivity contribution in [3.8, 4) is 0 Å². The number of imidazole rings is 2. The second-order valence-corrected chi connectivity index (χ2v) is 6.15. The van der Waals surface area contributed by atoms with E-state index in [2.05, 4.69) is 44.2 Å². The summed E-state index contributed by atoms with van der Waals surface area (Å²) >= 11 is 10.4. The van der Waals surface area contributed by atoms with Gasteiger partial charge >= 0.3 is 0 Å². The van der Waals surface area contributed by atoms with Crippen LogP contribution in [0.4, 0.5) is 0 Å². The van der Waals surface area contributed by atoms with E-state index in [0.717, 1.165) is 34.9 Å². The molecular formula is C16H14N4S2. The van der Waals surface area contributed by atoms with Gasteiger partial charge in [-0.05, 0) is 60.5 Å².